The quantitative estimate of drug-likeness (QED) is 0.604. The summed E-state index contributed by atoms with van der Waals surface area (Å²) in [5, 5.41) is 7.66. The Hall–Kier alpha value is -1.68. The fraction of sp³-hybridized carbons (Fsp3) is 0.182. The van der Waals surface area contributed by atoms with E-state index < -0.39 is 0 Å². The standard InChI is InChI=1S/C11H10ClN3O/c1-8-3-2-4-9(5-8)15-7-10(13-14-15)11(16)6-12/h2-5,7H,6H2,1H3. The first kappa shape index (κ1) is 10.8. The minimum absolute atomic E-state index is 0.0769. The Morgan fingerprint density at radius 2 is 2.31 bits per heavy atom. The maximum Gasteiger partial charge on any atom is 0.199 e. The second-order valence-electron chi connectivity index (χ2n) is 3.44. The Morgan fingerprint density at radius 1 is 1.50 bits per heavy atom. The maximum atomic E-state index is 11.3. The van der Waals surface area contributed by atoms with E-state index in [2.05, 4.69) is 10.3 Å². The molecular weight excluding hydrogens is 226 g/mol. The van der Waals surface area contributed by atoms with Crippen molar-refractivity contribution >= 4 is 17.4 Å². The highest BCUT2D eigenvalue weighted by molar-refractivity contribution is 6.30. The van der Waals surface area contributed by atoms with Gasteiger partial charge in [0.2, 0.25) is 0 Å². The number of nitrogens with zero attached hydrogens (tertiary/aromatic N) is 3. The summed E-state index contributed by atoms with van der Waals surface area (Å²) in [6, 6.07) is 7.78. The van der Waals surface area contributed by atoms with Crippen LogP contribution >= 0.6 is 11.6 Å². The van der Waals surface area contributed by atoms with Gasteiger partial charge < -0.3 is 0 Å². The van der Waals surface area contributed by atoms with E-state index >= 15 is 0 Å². The lowest BCUT2D eigenvalue weighted by Crippen LogP contribution is -2.00. The van der Waals surface area contributed by atoms with Gasteiger partial charge in [-0.15, -0.1) is 16.7 Å². The number of aromatic nitrogens is 3. The highest BCUT2D eigenvalue weighted by Gasteiger charge is 2.09. The maximum absolute atomic E-state index is 11.3. The van der Waals surface area contributed by atoms with Gasteiger partial charge in [-0.2, -0.15) is 0 Å². The molecule has 1 aromatic heterocycles. The van der Waals surface area contributed by atoms with Crippen molar-refractivity contribution in [1.29, 1.82) is 0 Å². The Kier molecular flexibility index (Phi) is 3.01. The summed E-state index contributed by atoms with van der Waals surface area (Å²) in [6.45, 7) is 1.99. The van der Waals surface area contributed by atoms with Crippen LogP contribution in [0.15, 0.2) is 30.5 Å². The molecule has 16 heavy (non-hydrogen) atoms. The molecule has 0 amide bonds. The molecule has 0 saturated heterocycles. The Balaban J connectivity index is 2.35. The van der Waals surface area contributed by atoms with E-state index in [1.807, 2.05) is 31.2 Å². The highest BCUT2D eigenvalue weighted by atomic mass is 35.5. The minimum atomic E-state index is -0.222. The van der Waals surface area contributed by atoms with Gasteiger partial charge in [-0.05, 0) is 24.6 Å². The van der Waals surface area contributed by atoms with Gasteiger partial charge >= 0.3 is 0 Å². The highest BCUT2D eigenvalue weighted by Crippen LogP contribution is 2.09. The molecule has 0 fully saturated rings. The lowest BCUT2D eigenvalue weighted by Gasteiger charge is -1.99. The topological polar surface area (TPSA) is 47.8 Å². The molecule has 1 aromatic carbocycles. The summed E-state index contributed by atoms with van der Waals surface area (Å²) in [4.78, 5) is 11.3. The molecule has 5 heteroatoms. The van der Waals surface area contributed by atoms with Crippen LogP contribution in [-0.2, 0) is 0 Å². The number of halogens is 1. The van der Waals surface area contributed by atoms with Crippen LogP contribution in [0.1, 0.15) is 16.1 Å². The smallest absolute Gasteiger partial charge is 0.199 e. The number of carbonyl (C=O) groups excluding carboxylic acids is 1. The number of hydrogen-bond donors (Lipinski definition) is 0. The number of Topliss-reactive ketones (excluding diaryl/α,β-unsaturated/α-hetero) is 1. The average Bonchev–Trinajstić information content (AvgIpc) is 2.77. The third-order valence-electron chi connectivity index (χ3n) is 2.17. The van der Waals surface area contributed by atoms with E-state index in [9.17, 15) is 4.79 Å². The van der Waals surface area contributed by atoms with Gasteiger partial charge in [0.25, 0.3) is 0 Å². The Bertz CT molecular complexity index is 521. The van der Waals surface area contributed by atoms with Crippen LogP contribution in [0.3, 0.4) is 0 Å². The minimum Gasteiger partial charge on any atom is -0.291 e. The Labute approximate surface area is 97.8 Å². The molecular formula is C11H10ClN3O. The van der Waals surface area contributed by atoms with E-state index in [1.165, 1.54) is 0 Å². The van der Waals surface area contributed by atoms with Crippen LogP contribution < -0.4 is 0 Å². The zero-order chi connectivity index (χ0) is 11.5. The molecule has 1 heterocycles. The molecule has 0 N–H and O–H groups in total. The summed E-state index contributed by atoms with van der Waals surface area (Å²) in [5.74, 6) is -0.299. The van der Waals surface area contributed by atoms with Crippen LogP contribution in [0.4, 0.5) is 0 Å². The lowest BCUT2D eigenvalue weighted by molar-refractivity contribution is 0.101. The SMILES string of the molecule is Cc1cccc(-n2cc(C(=O)CCl)nn2)c1. The van der Waals surface area contributed by atoms with Crippen LogP contribution in [0.5, 0.6) is 0 Å². The summed E-state index contributed by atoms with van der Waals surface area (Å²) >= 11 is 5.44. The second kappa shape index (κ2) is 4.45. The normalized spacial score (nSPS) is 10.4. The second-order valence-corrected chi connectivity index (χ2v) is 3.71. The monoisotopic (exact) mass is 235 g/mol. The molecule has 0 spiro atoms. The van der Waals surface area contributed by atoms with Crippen LogP contribution in [0.25, 0.3) is 5.69 Å². The average molecular weight is 236 g/mol. The number of aryl methyl sites for hydroxylation is 1. The van der Waals surface area contributed by atoms with Gasteiger partial charge in [0.1, 0.15) is 5.69 Å². The van der Waals surface area contributed by atoms with Crippen LogP contribution in [-0.4, -0.2) is 26.7 Å². The third-order valence-corrected chi connectivity index (χ3v) is 2.41. The molecule has 2 aromatic rings. The molecule has 0 radical (unpaired) electrons. The number of benzene rings is 1. The van der Waals surface area contributed by atoms with E-state index in [1.54, 1.807) is 10.9 Å². The van der Waals surface area contributed by atoms with Gasteiger partial charge in [-0.25, -0.2) is 4.68 Å². The zero-order valence-corrected chi connectivity index (χ0v) is 9.48. The Morgan fingerprint density at radius 3 is 3.00 bits per heavy atom. The molecule has 0 unspecified atom stereocenters. The van der Waals surface area contributed by atoms with Crippen molar-refractivity contribution in [3.05, 3.63) is 41.7 Å². The molecule has 4 nitrogen and oxygen atoms in total. The van der Waals surface area contributed by atoms with Crippen molar-refractivity contribution in [2.45, 2.75) is 6.92 Å². The molecule has 0 aliphatic carbocycles. The molecule has 2 rings (SSSR count). The van der Waals surface area contributed by atoms with Gasteiger partial charge in [0.15, 0.2) is 5.78 Å². The predicted molar refractivity (Wildman–Crippen MR) is 61.1 cm³/mol. The van der Waals surface area contributed by atoms with E-state index in [4.69, 9.17) is 11.6 Å². The van der Waals surface area contributed by atoms with Crippen molar-refractivity contribution in [1.82, 2.24) is 15.0 Å². The third kappa shape index (κ3) is 2.12. The van der Waals surface area contributed by atoms with Crippen molar-refractivity contribution in [3.63, 3.8) is 0 Å². The van der Waals surface area contributed by atoms with Crippen LogP contribution in [0, 0.1) is 6.92 Å². The van der Waals surface area contributed by atoms with E-state index in [0.29, 0.717) is 0 Å². The van der Waals surface area contributed by atoms with Crippen molar-refractivity contribution in [3.8, 4) is 5.69 Å². The van der Waals surface area contributed by atoms with Gasteiger partial charge in [-0.3, -0.25) is 4.79 Å². The summed E-state index contributed by atoms with van der Waals surface area (Å²) in [6.07, 6.45) is 1.58. The zero-order valence-electron chi connectivity index (χ0n) is 8.72. The van der Waals surface area contributed by atoms with Gasteiger partial charge in [-0.1, -0.05) is 17.3 Å². The van der Waals surface area contributed by atoms with Crippen molar-refractivity contribution in [2.75, 3.05) is 5.88 Å². The number of carbonyl (C=O) groups is 1. The first-order chi connectivity index (χ1) is 7.70. The summed E-state index contributed by atoms with van der Waals surface area (Å²) in [5.41, 5.74) is 2.29. The fourth-order valence-corrected chi connectivity index (χ4v) is 1.49. The number of ketones is 1. The molecule has 82 valence electrons. The summed E-state index contributed by atoms with van der Waals surface area (Å²) < 4.78 is 1.56. The molecule has 0 saturated carbocycles. The van der Waals surface area contributed by atoms with Crippen molar-refractivity contribution in [2.24, 2.45) is 0 Å². The number of alkyl halides is 1. The van der Waals surface area contributed by atoms with E-state index in [-0.39, 0.29) is 17.4 Å². The van der Waals surface area contributed by atoms with Gasteiger partial charge in [0, 0.05) is 0 Å². The van der Waals surface area contributed by atoms with Gasteiger partial charge in [0.05, 0.1) is 17.8 Å². The van der Waals surface area contributed by atoms with Crippen molar-refractivity contribution < 1.29 is 4.79 Å². The largest absolute Gasteiger partial charge is 0.291 e. The number of hydrogen-bond acceptors (Lipinski definition) is 3. The molecule has 0 bridgehead atoms. The lowest BCUT2D eigenvalue weighted by atomic mass is 10.2. The fourth-order valence-electron chi connectivity index (χ4n) is 1.36. The van der Waals surface area contributed by atoms with Crippen LogP contribution in [0.2, 0.25) is 0 Å². The molecule has 0 aliphatic rings. The number of rotatable bonds is 3. The molecule has 0 atom stereocenters. The first-order valence-corrected chi connectivity index (χ1v) is 5.32. The predicted octanol–water partition coefficient (Wildman–Crippen LogP) is 2.00. The van der Waals surface area contributed by atoms with E-state index in [0.717, 1.165) is 11.3 Å². The summed E-state index contributed by atoms with van der Waals surface area (Å²) in [7, 11) is 0. The molecule has 0 aliphatic heterocycles. The first-order valence-electron chi connectivity index (χ1n) is 4.79.